The first-order valence-electron chi connectivity index (χ1n) is 4.72. The molecule has 3 N–H and O–H groups in total. The first-order valence-corrected chi connectivity index (χ1v) is 4.72. The Bertz CT molecular complexity index is 151. The molecule has 1 amide bonds. The van der Waals surface area contributed by atoms with Gasteiger partial charge < -0.3 is 15.7 Å². The van der Waals surface area contributed by atoms with Crippen LogP contribution in [0.25, 0.3) is 0 Å². The highest BCUT2D eigenvalue weighted by Gasteiger charge is 2.12. The smallest absolute Gasteiger partial charge is 0.234 e. The second-order valence-corrected chi connectivity index (χ2v) is 3.30. The molecule has 0 aromatic rings. The normalized spacial score (nSPS) is 15.1. The lowest BCUT2D eigenvalue weighted by Gasteiger charge is -2.19. The SMILES string of the molecule is CCNCC(=O)NC(C)C(C)CO. The molecular formula is C9H20N2O2. The topological polar surface area (TPSA) is 61.4 Å². The van der Waals surface area contributed by atoms with Crippen molar-refractivity contribution < 1.29 is 9.90 Å². The fourth-order valence-corrected chi connectivity index (χ4v) is 0.844. The molecule has 0 fully saturated rings. The van der Waals surface area contributed by atoms with Gasteiger partial charge in [0.25, 0.3) is 0 Å². The largest absolute Gasteiger partial charge is 0.396 e. The van der Waals surface area contributed by atoms with Crippen LogP contribution < -0.4 is 10.6 Å². The van der Waals surface area contributed by atoms with Crippen LogP contribution in [-0.2, 0) is 4.79 Å². The van der Waals surface area contributed by atoms with E-state index in [1.54, 1.807) is 0 Å². The zero-order valence-electron chi connectivity index (χ0n) is 8.63. The first-order chi connectivity index (χ1) is 6.11. The molecule has 0 aliphatic rings. The van der Waals surface area contributed by atoms with Crippen LogP contribution >= 0.6 is 0 Å². The Labute approximate surface area is 79.7 Å². The number of aliphatic hydroxyl groups excluding tert-OH is 1. The van der Waals surface area contributed by atoms with Crippen LogP contribution in [0.5, 0.6) is 0 Å². The zero-order valence-corrected chi connectivity index (χ0v) is 8.63. The third-order valence-corrected chi connectivity index (χ3v) is 2.07. The molecule has 0 rings (SSSR count). The highest BCUT2D eigenvalue weighted by Crippen LogP contribution is 1.99. The Morgan fingerprint density at radius 3 is 2.54 bits per heavy atom. The van der Waals surface area contributed by atoms with Crippen molar-refractivity contribution >= 4 is 5.91 Å². The van der Waals surface area contributed by atoms with Gasteiger partial charge in [0.2, 0.25) is 5.91 Å². The van der Waals surface area contributed by atoms with Gasteiger partial charge in [-0.25, -0.2) is 0 Å². The number of nitrogens with one attached hydrogen (secondary N) is 2. The molecule has 13 heavy (non-hydrogen) atoms. The molecule has 2 atom stereocenters. The number of aliphatic hydroxyl groups is 1. The summed E-state index contributed by atoms with van der Waals surface area (Å²) in [6.45, 7) is 6.98. The van der Waals surface area contributed by atoms with Crippen LogP contribution in [-0.4, -0.2) is 36.8 Å². The lowest BCUT2D eigenvalue weighted by atomic mass is 10.1. The number of carbonyl (C=O) groups excluding carboxylic acids is 1. The summed E-state index contributed by atoms with van der Waals surface area (Å²) in [6, 6.07) is 0.0242. The Hall–Kier alpha value is -0.610. The summed E-state index contributed by atoms with van der Waals surface area (Å²) in [7, 11) is 0. The van der Waals surface area contributed by atoms with E-state index in [4.69, 9.17) is 5.11 Å². The summed E-state index contributed by atoms with van der Waals surface area (Å²) in [5.41, 5.74) is 0. The van der Waals surface area contributed by atoms with Crippen molar-refractivity contribution in [2.24, 2.45) is 5.92 Å². The monoisotopic (exact) mass is 188 g/mol. The van der Waals surface area contributed by atoms with Crippen molar-refractivity contribution in [3.05, 3.63) is 0 Å². The van der Waals surface area contributed by atoms with E-state index < -0.39 is 0 Å². The number of likely N-dealkylation sites (N-methyl/N-ethyl adjacent to an activating group) is 1. The number of amides is 1. The summed E-state index contributed by atoms with van der Waals surface area (Å²) in [5.74, 6) is 0.0835. The number of carbonyl (C=O) groups is 1. The number of hydrogen-bond acceptors (Lipinski definition) is 3. The molecule has 78 valence electrons. The van der Waals surface area contributed by atoms with Crippen LogP contribution in [0.1, 0.15) is 20.8 Å². The minimum atomic E-state index is -0.0188. The molecular weight excluding hydrogens is 168 g/mol. The predicted octanol–water partition coefficient (Wildman–Crippen LogP) is -0.271. The third-order valence-electron chi connectivity index (χ3n) is 2.07. The van der Waals surface area contributed by atoms with Crippen molar-refractivity contribution in [3.8, 4) is 0 Å². The number of rotatable bonds is 6. The summed E-state index contributed by atoms with van der Waals surface area (Å²) in [4.78, 5) is 11.2. The van der Waals surface area contributed by atoms with E-state index in [-0.39, 0.29) is 24.5 Å². The van der Waals surface area contributed by atoms with Gasteiger partial charge in [0.1, 0.15) is 0 Å². The van der Waals surface area contributed by atoms with Gasteiger partial charge in [0.05, 0.1) is 6.54 Å². The molecule has 0 aliphatic carbocycles. The van der Waals surface area contributed by atoms with Crippen LogP contribution in [0.15, 0.2) is 0 Å². The van der Waals surface area contributed by atoms with Crippen LogP contribution in [0.2, 0.25) is 0 Å². The van der Waals surface area contributed by atoms with Gasteiger partial charge in [0.15, 0.2) is 0 Å². The fraction of sp³-hybridized carbons (Fsp3) is 0.889. The molecule has 0 aliphatic heterocycles. The number of hydrogen-bond donors (Lipinski definition) is 3. The van der Waals surface area contributed by atoms with E-state index in [1.807, 2.05) is 20.8 Å². The average molecular weight is 188 g/mol. The highest BCUT2D eigenvalue weighted by atomic mass is 16.3. The van der Waals surface area contributed by atoms with Crippen molar-refractivity contribution in [1.29, 1.82) is 0 Å². The maximum absolute atomic E-state index is 11.2. The molecule has 0 heterocycles. The molecule has 0 radical (unpaired) electrons. The zero-order chi connectivity index (χ0) is 10.3. The van der Waals surface area contributed by atoms with Gasteiger partial charge in [-0.3, -0.25) is 4.79 Å². The van der Waals surface area contributed by atoms with Gasteiger partial charge in [-0.15, -0.1) is 0 Å². The first kappa shape index (κ1) is 12.4. The van der Waals surface area contributed by atoms with E-state index in [0.29, 0.717) is 6.54 Å². The van der Waals surface area contributed by atoms with Crippen molar-refractivity contribution in [3.63, 3.8) is 0 Å². The van der Waals surface area contributed by atoms with E-state index >= 15 is 0 Å². The van der Waals surface area contributed by atoms with E-state index in [0.717, 1.165) is 6.54 Å². The van der Waals surface area contributed by atoms with E-state index in [9.17, 15) is 4.79 Å². The van der Waals surface area contributed by atoms with Crippen LogP contribution in [0.4, 0.5) is 0 Å². The summed E-state index contributed by atoms with van der Waals surface area (Å²) in [5, 5.41) is 14.6. The summed E-state index contributed by atoms with van der Waals surface area (Å²) >= 11 is 0. The van der Waals surface area contributed by atoms with E-state index in [1.165, 1.54) is 0 Å². The molecule has 0 aromatic heterocycles. The quantitative estimate of drug-likeness (QED) is 0.537. The maximum atomic E-state index is 11.2. The Kier molecular flexibility index (Phi) is 6.54. The second kappa shape index (κ2) is 6.86. The second-order valence-electron chi connectivity index (χ2n) is 3.30. The molecule has 2 unspecified atom stereocenters. The van der Waals surface area contributed by atoms with Crippen LogP contribution in [0, 0.1) is 5.92 Å². The van der Waals surface area contributed by atoms with Gasteiger partial charge >= 0.3 is 0 Å². The average Bonchev–Trinajstić information content (AvgIpc) is 2.13. The van der Waals surface area contributed by atoms with Crippen molar-refractivity contribution in [2.75, 3.05) is 19.7 Å². The highest BCUT2D eigenvalue weighted by molar-refractivity contribution is 5.78. The Balaban J connectivity index is 3.64. The minimum absolute atomic E-state index is 0.0188. The molecule has 0 bridgehead atoms. The predicted molar refractivity (Wildman–Crippen MR) is 52.4 cm³/mol. The van der Waals surface area contributed by atoms with E-state index in [2.05, 4.69) is 10.6 Å². The molecule has 4 heteroatoms. The lowest BCUT2D eigenvalue weighted by molar-refractivity contribution is -0.121. The van der Waals surface area contributed by atoms with Gasteiger partial charge in [-0.05, 0) is 19.4 Å². The Morgan fingerprint density at radius 2 is 2.08 bits per heavy atom. The third kappa shape index (κ3) is 5.60. The Morgan fingerprint density at radius 1 is 1.46 bits per heavy atom. The van der Waals surface area contributed by atoms with Crippen molar-refractivity contribution in [1.82, 2.24) is 10.6 Å². The van der Waals surface area contributed by atoms with Crippen LogP contribution in [0.3, 0.4) is 0 Å². The molecule has 0 aromatic carbocycles. The molecule has 0 saturated carbocycles. The fourth-order valence-electron chi connectivity index (χ4n) is 0.844. The van der Waals surface area contributed by atoms with Gasteiger partial charge in [-0.2, -0.15) is 0 Å². The van der Waals surface area contributed by atoms with Gasteiger partial charge in [-0.1, -0.05) is 13.8 Å². The molecule has 0 saturated heterocycles. The standard InChI is InChI=1S/C9H20N2O2/c1-4-10-5-9(13)11-8(3)7(2)6-12/h7-8,10,12H,4-6H2,1-3H3,(H,11,13). The van der Waals surface area contributed by atoms with Crippen molar-refractivity contribution in [2.45, 2.75) is 26.8 Å². The van der Waals surface area contributed by atoms with Gasteiger partial charge in [0, 0.05) is 12.6 Å². The maximum Gasteiger partial charge on any atom is 0.234 e. The molecule has 4 nitrogen and oxygen atoms in total. The lowest BCUT2D eigenvalue weighted by Crippen LogP contribution is -2.42. The minimum Gasteiger partial charge on any atom is -0.396 e. The molecule has 0 spiro atoms. The summed E-state index contributed by atoms with van der Waals surface area (Å²) in [6.07, 6.45) is 0. The summed E-state index contributed by atoms with van der Waals surface area (Å²) < 4.78 is 0.